The fraction of sp³-hybridized carbons (Fsp3) is 0. The third-order valence-electron chi connectivity index (χ3n) is 1.63. The Balaban J connectivity index is 2.46. The molecule has 0 unspecified atom stereocenters. The number of aromatic nitrogens is 2. The second kappa shape index (κ2) is 3.13. The fourth-order valence-corrected chi connectivity index (χ4v) is 1.06. The first kappa shape index (κ1) is 6.98. The number of hydrogen-bond donors (Lipinski definition) is 0. The Morgan fingerprint density at radius 2 is 1.75 bits per heavy atom. The summed E-state index contributed by atoms with van der Waals surface area (Å²) in [7, 11) is 0. The maximum absolute atomic E-state index is 4.19. The minimum Gasteiger partial charge on any atom is -0.261 e. The molecule has 0 amide bonds. The molecule has 0 saturated heterocycles. The maximum Gasteiger partial charge on any atom is 0.0885 e. The van der Waals surface area contributed by atoms with Gasteiger partial charge in [-0.3, -0.25) is 9.97 Å². The zero-order valence-electron chi connectivity index (χ0n) is 6.51. The van der Waals surface area contributed by atoms with Gasteiger partial charge < -0.3 is 0 Å². The van der Waals surface area contributed by atoms with Crippen LogP contribution in [0.15, 0.2) is 48.9 Å². The Morgan fingerprint density at radius 3 is 2.42 bits per heavy atom. The number of nitrogens with zero attached hydrogens (tertiary/aromatic N) is 2. The molecule has 0 aliphatic heterocycles. The molecule has 1 heterocycles. The van der Waals surface area contributed by atoms with Crippen LogP contribution in [0.4, 0.5) is 0 Å². The highest BCUT2D eigenvalue weighted by Gasteiger charge is 1.94. The summed E-state index contributed by atoms with van der Waals surface area (Å²) in [5.74, 6) is 0. The van der Waals surface area contributed by atoms with Crippen molar-refractivity contribution in [2.45, 2.75) is 0 Å². The van der Waals surface area contributed by atoms with Crippen molar-refractivity contribution in [3.63, 3.8) is 0 Å². The van der Waals surface area contributed by atoms with E-state index < -0.39 is 0 Å². The molecule has 0 N–H and O–H groups in total. The van der Waals surface area contributed by atoms with Gasteiger partial charge in [0.05, 0.1) is 11.9 Å². The van der Waals surface area contributed by atoms with E-state index in [9.17, 15) is 0 Å². The molecule has 2 nitrogen and oxygen atoms in total. The normalized spacial score (nSPS) is 9.67. The minimum atomic E-state index is 0.915. The van der Waals surface area contributed by atoms with Crippen LogP contribution < -0.4 is 0 Å². The van der Waals surface area contributed by atoms with Crippen molar-refractivity contribution in [3.8, 4) is 11.3 Å². The summed E-state index contributed by atoms with van der Waals surface area (Å²) in [5.41, 5.74) is 2.02. The molecule has 2 rings (SSSR count). The van der Waals surface area contributed by atoms with E-state index in [0.29, 0.717) is 0 Å². The molecule has 1 aromatic carbocycles. The lowest BCUT2D eigenvalue weighted by Crippen LogP contribution is -1.82. The lowest BCUT2D eigenvalue weighted by Gasteiger charge is -1.96. The maximum atomic E-state index is 4.19. The number of hydrogen-bond acceptors (Lipinski definition) is 2. The van der Waals surface area contributed by atoms with E-state index in [4.69, 9.17) is 0 Å². The smallest absolute Gasteiger partial charge is 0.0885 e. The lowest BCUT2D eigenvalue weighted by atomic mass is 10.2. The topological polar surface area (TPSA) is 25.8 Å². The van der Waals surface area contributed by atoms with Gasteiger partial charge in [0.1, 0.15) is 0 Å². The standard InChI is InChI=1S/C10H8N2/c1-2-4-9(5-3-1)10-8-11-6-7-12-10/h1-8H. The molecule has 0 saturated carbocycles. The van der Waals surface area contributed by atoms with Crippen molar-refractivity contribution >= 4 is 0 Å². The summed E-state index contributed by atoms with van der Waals surface area (Å²) in [5, 5.41) is 0. The Morgan fingerprint density at radius 1 is 0.917 bits per heavy atom. The second-order valence-corrected chi connectivity index (χ2v) is 2.46. The van der Waals surface area contributed by atoms with Gasteiger partial charge in [0.25, 0.3) is 0 Å². The van der Waals surface area contributed by atoms with Crippen molar-refractivity contribution in [2.75, 3.05) is 0 Å². The van der Waals surface area contributed by atoms with Gasteiger partial charge in [-0.15, -0.1) is 0 Å². The molecule has 0 atom stereocenters. The first-order chi connectivity index (χ1) is 5.97. The molecule has 58 valence electrons. The molecule has 2 aromatic rings. The van der Waals surface area contributed by atoms with E-state index >= 15 is 0 Å². The van der Waals surface area contributed by atoms with Crippen molar-refractivity contribution in [1.29, 1.82) is 0 Å². The van der Waals surface area contributed by atoms with Crippen LogP contribution in [0.2, 0.25) is 0 Å². The molecule has 0 aliphatic rings. The van der Waals surface area contributed by atoms with Crippen LogP contribution in [0.5, 0.6) is 0 Å². The van der Waals surface area contributed by atoms with Crippen molar-refractivity contribution in [2.24, 2.45) is 0 Å². The van der Waals surface area contributed by atoms with Gasteiger partial charge in [-0.2, -0.15) is 0 Å². The number of rotatable bonds is 1. The van der Waals surface area contributed by atoms with Crippen molar-refractivity contribution in [3.05, 3.63) is 48.9 Å². The first-order valence-electron chi connectivity index (χ1n) is 3.78. The van der Waals surface area contributed by atoms with E-state index in [-0.39, 0.29) is 0 Å². The van der Waals surface area contributed by atoms with Crippen LogP contribution in [0.3, 0.4) is 0 Å². The van der Waals surface area contributed by atoms with Gasteiger partial charge in [-0.1, -0.05) is 30.3 Å². The third-order valence-corrected chi connectivity index (χ3v) is 1.63. The van der Waals surface area contributed by atoms with Gasteiger partial charge in [-0.05, 0) is 0 Å². The summed E-state index contributed by atoms with van der Waals surface area (Å²) in [6, 6.07) is 10.0. The SMILES string of the molecule is c1ccc(-c2cnccn2)cc1. The molecule has 0 radical (unpaired) electrons. The summed E-state index contributed by atoms with van der Waals surface area (Å²) < 4.78 is 0. The van der Waals surface area contributed by atoms with Gasteiger partial charge in [0.2, 0.25) is 0 Å². The van der Waals surface area contributed by atoms with Crippen LogP contribution in [-0.4, -0.2) is 9.97 Å². The Bertz CT molecular complexity index is 305. The zero-order valence-corrected chi connectivity index (χ0v) is 6.51. The van der Waals surface area contributed by atoms with E-state index in [2.05, 4.69) is 9.97 Å². The quantitative estimate of drug-likeness (QED) is 0.632. The highest BCUT2D eigenvalue weighted by Crippen LogP contribution is 2.13. The van der Waals surface area contributed by atoms with Crippen LogP contribution in [0, 0.1) is 0 Å². The molecular weight excluding hydrogens is 148 g/mol. The monoisotopic (exact) mass is 156 g/mol. The van der Waals surface area contributed by atoms with Gasteiger partial charge in [-0.25, -0.2) is 0 Å². The molecule has 0 spiro atoms. The molecule has 0 fully saturated rings. The molecule has 12 heavy (non-hydrogen) atoms. The summed E-state index contributed by atoms with van der Waals surface area (Å²) in [6.45, 7) is 0. The molecule has 1 aromatic heterocycles. The van der Waals surface area contributed by atoms with Crippen LogP contribution in [-0.2, 0) is 0 Å². The third kappa shape index (κ3) is 1.32. The van der Waals surface area contributed by atoms with Crippen LogP contribution in [0.25, 0.3) is 11.3 Å². The minimum absolute atomic E-state index is 0.915. The predicted octanol–water partition coefficient (Wildman–Crippen LogP) is 2.14. The van der Waals surface area contributed by atoms with E-state index in [0.717, 1.165) is 11.3 Å². The molecule has 0 aliphatic carbocycles. The lowest BCUT2D eigenvalue weighted by molar-refractivity contribution is 1.21. The van der Waals surface area contributed by atoms with Gasteiger partial charge in [0.15, 0.2) is 0 Å². The van der Waals surface area contributed by atoms with Crippen molar-refractivity contribution < 1.29 is 0 Å². The zero-order chi connectivity index (χ0) is 8.23. The van der Waals surface area contributed by atoms with Crippen LogP contribution in [0.1, 0.15) is 0 Å². The first-order valence-corrected chi connectivity index (χ1v) is 3.78. The molecule has 2 heteroatoms. The average molecular weight is 156 g/mol. The van der Waals surface area contributed by atoms with E-state index in [1.54, 1.807) is 18.6 Å². The Kier molecular flexibility index (Phi) is 1.82. The van der Waals surface area contributed by atoms with Gasteiger partial charge >= 0.3 is 0 Å². The largest absolute Gasteiger partial charge is 0.261 e. The second-order valence-electron chi connectivity index (χ2n) is 2.46. The Hall–Kier alpha value is -1.70. The van der Waals surface area contributed by atoms with Crippen LogP contribution >= 0.6 is 0 Å². The molecular formula is C10H8N2. The average Bonchev–Trinajstić information content (AvgIpc) is 2.21. The van der Waals surface area contributed by atoms with Crippen molar-refractivity contribution in [1.82, 2.24) is 9.97 Å². The summed E-state index contributed by atoms with van der Waals surface area (Å²) in [6.07, 6.45) is 5.13. The molecule has 0 bridgehead atoms. The number of benzene rings is 1. The Labute approximate surface area is 70.9 Å². The van der Waals surface area contributed by atoms with E-state index in [1.807, 2.05) is 30.3 Å². The van der Waals surface area contributed by atoms with Gasteiger partial charge in [0, 0.05) is 18.0 Å². The summed E-state index contributed by atoms with van der Waals surface area (Å²) >= 11 is 0. The highest BCUT2D eigenvalue weighted by molar-refractivity contribution is 5.57. The fourth-order valence-electron chi connectivity index (χ4n) is 1.06. The van der Waals surface area contributed by atoms with E-state index in [1.165, 1.54) is 0 Å². The summed E-state index contributed by atoms with van der Waals surface area (Å²) in [4.78, 5) is 8.19. The highest BCUT2D eigenvalue weighted by atomic mass is 14.8. The predicted molar refractivity (Wildman–Crippen MR) is 47.5 cm³/mol.